The molecule has 0 spiro atoms. The first kappa shape index (κ1) is 11.9. The summed E-state index contributed by atoms with van der Waals surface area (Å²) in [6.45, 7) is 2.10. The van der Waals surface area contributed by atoms with Crippen LogP contribution in [0, 0.1) is 0 Å². The normalized spacial score (nSPS) is 12.3. The van der Waals surface area contributed by atoms with Crippen LogP contribution in [0.4, 0.5) is 5.69 Å². The maximum absolute atomic E-state index is 4.32. The lowest BCUT2D eigenvalue weighted by Crippen LogP contribution is -2.07. The maximum Gasteiger partial charge on any atom is 0.123 e. The number of aromatic nitrogens is 4. The van der Waals surface area contributed by atoms with Crippen LogP contribution in [0.3, 0.4) is 0 Å². The minimum atomic E-state index is 0.183. The van der Waals surface area contributed by atoms with Gasteiger partial charge in [-0.25, -0.2) is 4.98 Å². The standard InChI is InChI=1S/C13H13N5S/c1-10(13-6-19-9-14-13)17-11-3-2-4-12(5-11)18-7-15-16-8-18/h2-10,17H,1H3. The SMILES string of the molecule is CC(Nc1cccc(-n2cnnc2)c1)c1cscn1. The van der Waals surface area contributed by atoms with Gasteiger partial charge in [-0.1, -0.05) is 6.07 Å². The van der Waals surface area contributed by atoms with Crippen molar-refractivity contribution in [2.24, 2.45) is 0 Å². The number of hydrogen-bond acceptors (Lipinski definition) is 5. The van der Waals surface area contributed by atoms with Crippen LogP contribution >= 0.6 is 11.3 Å². The lowest BCUT2D eigenvalue weighted by atomic mass is 10.2. The van der Waals surface area contributed by atoms with Gasteiger partial charge in [0, 0.05) is 11.1 Å². The van der Waals surface area contributed by atoms with Crippen molar-refractivity contribution in [3.63, 3.8) is 0 Å². The van der Waals surface area contributed by atoms with Gasteiger partial charge >= 0.3 is 0 Å². The van der Waals surface area contributed by atoms with E-state index >= 15 is 0 Å². The summed E-state index contributed by atoms with van der Waals surface area (Å²) in [7, 11) is 0. The molecule has 2 heterocycles. The number of hydrogen-bond donors (Lipinski definition) is 1. The average Bonchev–Trinajstić information content (AvgIpc) is 3.13. The van der Waals surface area contributed by atoms with Crippen molar-refractivity contribution in [3.05, 3.63) is 53.5 Å². The second-order valence-corrected chi connectivity index (χ2v) is 4.92. The highest BCUT2D eigenvalue weighted by Gasteiger charge is 2.07. The summed E-state index contributed by atoms with van der Waals surface area (Å²) in [6, 6.07) is 8.30. The minimum absolute atomic E-state index is 0.183. The Balaban J connectivity index is 1.80. The van der Waals surface area contributed by atoms with Gasteiger partial charge in [0.05, 0.1) is 22.9 Å². The average molecular weight is 271 g/mol. The van der Waals surface area contributed by atoms with Crippen molar-refractivity contribution in [1.29, 1.82) is 0 Å². The third-order valence-electron chi connectivity index (χ3n) is 2.84. The third kappa shape index (κ3) is 2.63. The summed E-state index contributed by atoms with van der Waals surface area (Å²) in [6.07, 6.45) is 3.37. The molecule has 6 heteroatoms. The zero-order valence-electron chi connectivity index (χ0n) is 10.4. The number of rotatable bonds is 4. The van der Waals surface area contributed by atoms with Crippen molar-refractivity contribution in [1.82, 2.24) is 19.7 Å². The summed E-state index contributed by atoms with van der Waals surface area (Å²) in [5, 5.41) is 13.1. The Labute approximate surface area is 115 Å². The van der Waals surface area contributed by atoms with E-state index in [1.807, 2.05) is 28.3 Å². The van der Waals surface area contributed by atoms with Crippen LogP contribution in [0.5, 0.6) is 0 Å². The molecule has 0 aliphatic heterocycles. The van der Waals surface area contributed by atoms with Crippen LogP contribution in [-0.2, 0) is 0 Å². The van der Waals surface area contributed by atoms with Gasteiger partial charge in [-0.15, -0.1) is 21.5 Å². The lowest BCUT2D eigenvalue weighted by molar-refractivity contribution is 0.849. The quantitative estimate of drug-likeness (QED) is 0.792. The molecule has 0 aliphatic carbocycles. The van der Waals surface area contributed by atoms with Crippen molar-refractivity contribution in [2.75, 3.05) is 5.32 Å². The number of nitrogens with one attached hydrogen (secondary N) is 1. The molecule has 0 fully saturated rings. The Morgan fingerprint density at radius 3 is 2.84 bits per heavy atom. The summed E-state index contributed by atoms with van der Waals surface area (Å²) < 4.78 is 1.87. The van der Waals surface area contributed by atoms with Gasteiger partial charge in [0.15, 0.2) is 0 Å². The number of anilines is 1. The predicted octanol–water partition coefficient (Wildman–Crippen LogP) is 2.90. The second-order valence-electron chi connectivity index (χ2n) is 4.20. The Morgan fingerprint density at radius 1 is 1.26 bits per heavy atom. The molecule has 3 rings (SSSR count). The molecule has 1 unspecified atom stereocenters. The molecule has 2 aromatic heterocycles. The Kier molecular flexibility index (Phi) is 3.24. The van der Waals surface area contributed by atoms with Crippen LogP contribution in [0.2, 0.25) is 0 Å². The van der Waals surface area contributed by atoms with Gasteiger partial charge in [-0.3, -0.25) is 4.57 Å². The van der Waals surface area contributed by atoms with Crippen LogP contribution < -0.4 is 5.32 Å². The summed E-state index contributed by atoms with van der Waals surface area (Å²) >= 11 is 1.61. The number of benzene rings is 1. The van der Waals surface area contributed by atoms with Gasteiger partial charge < -0.3 is 5.32 Å². The van der Waals surface area contributed by atoms with E-state index in [0.29, 0.717) is 0 Å². The smallest absolute Gasteiger partial charge is 0.123 e. The maximum atomic E-state index is 4.32. The molecule has 1 N–H and O–H groups in total. The van der Waals surface area contributed by atoms with Gasteiger partial charge in [-0.2, -0.15) is 0 Å². The molecule has 1 aromatic carbocycles. The van der Waals surface area contributed by atoms with E-state index in [0.717, 1.165) is 17.1 Å². The molecule has 5 nitrogen and oxygen atoms in total. The molecule has 0 bridgehead atoms. The molecule has 3 aromatic rings. The Bertz CT molecular complexity index is 633. The highest BCUT2D eigenvalue weighted by Crippen LogP contribution is 2.21. The fraction of sp³-hybridized carbons (Fsp3) is 0.154. The third-order valence-corrected chi connectivity index (χ3v) is 3.45. The molecule has 0 saturated carbocycles. The van der Waals surface area contributed by atoms with E-state index in [1.165, 1.54) is 0 Å². The Hall–Kier alpha value is -2.21. The Morgan fingerprint density at radius 2 is 2.11 bits per heavy atom. The highest BCUT2D eigenvalue weighted by atomic mass is 32.1. The van der Waals surface area contributed by atoms with E-state index in [4.69, 9.17) is 0 Å². The van der Waals surface area contributed by atoms with Gasteiger partial charge in [0.2, 0.25) is 0 Å². The molecule has 0 amide bonds. The molecular weight excluding hydrogens is 258 g/mol. The van der Waals surface area contributed by atoms with E-state index in [1.54, 1.807) is 24.0 Å². The van der Waals surface area contributed by atoms with Crippen LogP contribution in [-0.4, -0.2) is 19.7 Å². The topological polar surface area (TPSA) is 55.6 Å². The van der Waals surface area contributed by atoms with Crippen molar-refractivity contribution in [2.45, 2.75) is 13.0 Å². The number of thiazole rings is 1. The van der Waals surface area contributed by atoms with E-state index in [9.17, 15) is 0 Å². The highest BCUT2D eigenvalue weighted by molar-refractivity contribution is 7.07. The molecule has 1 atom stereocenters. The zero-order chi connectivity index (χ0) is 13.1. The second kappa shape index (κ2) is 5.19. The van der Waals surface area contributed by atoms with E-state index in [-0.39, 0.29) is 6.04 Å². The van der Waals surface area contributed by atoms with Crippen LogP contribution in [0.1, 0.15) is 18.7 Å². The largest absolute Gasteiger partial charge is 0.377 e. The minimum Gasteiger partial charge on any atom is -0.377 e. The predicted molar refractivity (Wildman–Crippen MR) is 75.5 cm³/mol. The fourth-order valence-electron chi connectivity index (χ4n) is 1.85. The van der Waals surface area contributed by atoms with Crippen LogP contribution in [0.25, 0.3) is 5.69 Å². The molecule has 96 valence electrons. The molecular formula is C13H13N5S. The number of nitrogens with zero attached hydrogens (tertiary/aromatic N) is 4. The van der Waals surface area contributed by atoms with Crippen molar-refractivity contribution >= 4 is 17.0 Å². The van der Waals surface area contributed by atoms with Crippen molar-refractivity contribution < 1.29 is 0 Å². The zero-order valence-corrected chi connectivity index (χ0v) is 11.2. The van der Waals surface area contributed by atoms with Crippen molar-refractivity contribution in [3.8, 4) is 5.69 Å². The summed E-state index contributed by atoms with van der Waals surface area (Å²) in [5.74, 6) is 0. The van der Waals surface area contributed by atoms with Crippen LogP contribution in [0.15, 0.2) is 47.8 Å². The van der Waals surface area contributed by atoms with Gasteiger partial charge in [0.25, 0.3) is 0 Å². The van der Waals surface area contributed by atoms with E-state index in [2.05, 4.69) is 38.9 Å². The molecule has 0 radical (unpaired) electrons. The first-order valence-electron chi connectivity index (χ1n) is 5.92. The fourth-order valence-corrected chi connectivity index (χ4v) is 2.50. The molecule has 19 heavy (non-hydrogen) atoms. The van der Waals surface area contributed by atoms with E-state index < -0.39 is 0 Å². The van der Waals surface area contributed by atoms with Gasteiger partial charge in [0.1, 0.15) is 12.7 Å². The summed E-state index contributed by atoms with van der Waals surface area (Å²) in [4.78, 5) is 4.32. The first-order valence-corrected chi connectivity index (χ1v) is 6.87. The summed E-state index contributed by atoms with van der Waals surface area (Å²) in [5.41, 5.74) is 4.98. The van der Waals surface area contributed by atoms with Gasteiger partial charge in [-0.05, 0) is 25.1 Å². The first-order chi connectivity index (χ1) is 9.33. The molecule has 0 aliphatic rings. The lowest BCUT2D eigenvalue weighted by Gasteiger charge is -2.14. The monoisotopic (exact) mass is 271 g/mol. The molecule has 0 saturated heterocycles.